The second-order valence-electron chi connectivity index (χ2n) is 6.49. The van der Waals surface area contributed by atoms with Crippen molar-refractivity contribution in [2.24, 2.45) is 5.16 Å². The van der Waals surface area contributed by atoms with Crippen LogP contribution < -0.4 is 9.47 Å². The molecule has 3 rings (SSSR count). The van der Waals surface area contributed by atoms with E-state index in [-0.39, 0.29) is 5.91 Å². The third-order valence-electron chi connectivity index (χ3n) is 5.04. The van der Waals surface area contributed by atoms with E-state index in [1.165, 1.54) is 6.42 Å². The van der Waals surface area contributed by atoms with Crippen molar-refractivity contribution in [1.29, 1.82) is 0 Å². The highest BCUT2D eigenvalue weighted by Gasteiger charge is 2.36. The molecule has 2 aliphatic rings. The molecule has 0 spiro atoms. The van der Waals surface area contributed by atoms with Gasteiger partial charge in [0.2, 0.25) is 6.10 Å². The minimum Gasteiger partial charge on any atom is -0.497 e. The summed E-state index contributed by atoms with van der Waals surface area (Å²) >= 11 is 0. The highest BCUT2D eigenvalue weighted by atomic mass is 16.6. The monoisotopic (exact) mass is 346 g/mol. The number of amides is 1. The van der Waals surface area contributed by atoms with Crippen LogP contribution in [-0.4, -0.2) is 49.4 Å². The van der Waals surface area contributed by atoms with E-state index >= 15 is 0 Å². The zero-order chi connectivity index (χ0) is 17.8. The predicted octanol–water partition coefficient (Wildman–Crippen LogP) is 2.99. The summed E-state index contributed by atoms with van der Waals surface area (Å²) < 4.78 is 10.7. The number of carbonyl (C=O) groups excluding carboxylic acids is 1. The average molecular weight is 346 g/mol. The first-order chi connectivity index (χ1) is 12.2. The van der Waals surface area contributed by atoms with Crippen LogP contribution >= 0.6 is 0 Å². The lowest BCUT2D eigenvalue weighted by molar-refractivity contribution is -0.146. The Morgan fingerprint density at radius 1 is 1.32 bits per heavy atom. The van der Waals surface area contributed by atoms with Gasteiger partial charge in [0, 0.05) is 24.6 Å². The first-order valence-electron chi connectivity index (χ1n) is 8.93. The molecule has 25 heavy (non-hydrogen) atoms. The van der Waals surface area contributed by atoms with Crippen molar-refractivity contribution >= 4 is 11.6 Å². The zero-order valence-corrected chi connectivity index (χ0v) is 15.2. The van der Waals surface area contributed by atoms with E-state index in [0.29, 0.717) is 18.2 Å². The molecule has 2 aliphatic heterocycles. The van der Waals surface area contributed by atoms with Gasteiger partial charge in [-0.1, -0.05) is 12.1 Å². The van der Waals surface area contributed by atoms with Gasteiger partial charge in [-0.2, -0.15) is 0 Å². The molecule has 0 bridgehead atoms. The number of hydrogen-bond donors (Lipinski definition) is 0. The van der Waals surface area contributed by atoms with Gasteiger partial charge in [-0.25, -0.2) is 0 Å². The maximum Gasteiger partial charge on any atom is 0.267 e. The lowest BCUT2D eigenvalue weighted by atomic mass is 9.97. The molecule has 2 atom stereocenters. The Bertz CT molecular complexity index is 659. The molecule has 136 valence electrons. The maximum atomic E-state index is 12.9. The van der Waals surface area contributed by atoms with E-state index in [9.17, 15) is 4.79 Å². The molecule has 0 unspecified atom stereocenters. The molecule has 1 amide bonds. The summed E-state index contributed by atoms with van der Waals surface area (Å²) in [5, 5.41) is 4.17. The summed E-state index contributed by atoms with van der Waals surface area (Å²) in [4.78, 5) is 20.4. The van der Waals surface area contributed by atoms with Crippen LogP contribution in [0.15, 0.2) is 23.4 Å². The molecule has 0 radical (unpaired) electrons. The summed E-state index contributed by atoms with van der Waals surface area (Å²) in [5.74, 6) is 1.46. The van der Waals surface area contributed by atoms with E-state index in [2.05, 4.69) is 12.1 Å². The molecule has 1 aromatic rings. The summed E-state index contributed by atoms with van der Waals surface area (Å²) in [6.45, 7) is 2.95. The number of carbonyl (C=O) groups is 1. The fourth-order valence-electron chi connectivity index (χ4n) is 3.61. The molecule has 0 aliphatic carbocycles. The summed E-state index contributed by atoms with van der Waals surface area (Å²) in [5.41, 5.74) is 1.53. The van der Waals surface area contributed by atoms with Gasteiger partial charge in [-0.15, -0.1) is 0 Å². The van der Waals surface area contributed by atoms with Crippen LogP contribution in [0.25, 0.3) is 0 Å². The third-order valence-corrected chi connectivity index (χ3v) is 5.04. The normalized spacial score (nSPS) is 23.0. The van der Waals surface area contributed by atoms with Gasteiger partial charge in [0.25, 0.3) is 5.91 Å². The van der Waals surface area contributed by atoms with E-state index in [1.807, 2.05) is 23.1 Å². The van der Waals surface area contributed by atoms with Gasteiger partial charge in [-0.05, 0) is 43.9 Å². The fraction of sp³-hybridized carbons (Fsp3) is 0.579. The van der Waals surface area contributed by atoms with Crippen molar-refractivity contribution in [2.75, 3.05) is 20.8 Å². The number of oxime groups is 1. The van der Waals surface area contributed by atoms with Crippen molar-refractivity contribution < 1.29 is 19.1 Å². The number of hydrogen-bond acceptors (Lipinski definition) is 5. The van der Waals surface area contributed by atoms with Crippen LogP contribution in [0.3, 0.4) is 0 Å². The molecule has 1 fully saturated rings. The smallest absolute Gasteiger partial charge is 0.267 e. The second-order valence-corrected chi connectivity index (χ2v) is 6.49. The van der Waals surface area contributed by atoms with Crippen LogP contribution in [0.1, 0.15) is 44.6 Å². The Morgan fingerprint density at radius 2 is 2.16 bits per heavy atom. The highest BCUT2D eigenvalue weighted by Crippen LogP contribution is 2.30. The number of benzene rings is 1. The Balaban J connectivity index is 1.74. The van der Waals surface area contributed by atoms with E-state index in [4.69, 9.17) is 14.3 Å². The van der Waals surface area contributed by atoms with Crippen molar-refractivity contribution in [3.05, 3.63) is 23.8 Å². The third kappa shape index (κ3) is 3.57. The number of nitrogens with zero attached hydrogens (tertiary/aromatic N) is 2. The van der Waals surface area contributed by atoms with Crippen LogP contribution in [0, 0.1) is 0 Å². The Labute approximate surface area is 148 Å². The number of ether oxygens (including phenoxy) is 2. The standard InChI is InChI=1S/C19H26N2O4/c1-4-13-7-5-6-10-21(13)19(22)18-12-16(20-25-18)15-11-14(23-2)8-9-17(15)24-3/h8-9,11,13,18H,4-7,10,12H2,1-3H3/t13-,18+/m0/s1. The number of methoxy groups -OCH3 is 2. The average Bonchev–Trinajstić information content (AvgIpc) is 3.16. The fourth-order valence-corrected chi connectivity index (χ4v) is 3.61. The predicted molar refractivity (Wildman–Crippen MR) is 95.2 cm³/mol. The topological polar surface area (TPSA) is 60.4 Å². The summed E-state index contributed by atoms with van der Waals surface area (Å²) in [6.07, 6.45) is 4.22. The van der Waals surface area contributed by atoms with Crippen molar-refractivity contribution in [3.63, 3.8) is 0 Å². The van der Waals surface area contributed by atoms with Crippen LogP contribution in [0.4, 0.5) is 0 Å². The molecule has 6 heteroatoms. The number of piperidine rings is 1. The molecule has 1 saturated heterocycles. The van der Waals surface area contributed by atoms with Crippen LogP contribution in [-0.2, 0) is 9.63 Å². The maximum absolute atomic E-state index is 12.9. The Hall–Kier alpha value is -2.24. The van der Waals surface area contributed by atoms with Gasteiger partial charge >= 0.3 is 0 Å². The molecule has 2 heterocycles. The molecular weight excluding hydrogens is 320 g/mol. The SMILES string of the molecule is CC[C@H]1CCCCN1C(=O)[C@H]1CC(c2cc(OC)ccc2OC)=NO1. The summed E-state index contributed by atoms with van der Waals surface area (Å²) in [7, 11) is 3.23. The minimum atomic E-state index is -0.543. The number of likely N-dealkylation sites (tertiary alicyclic amines) is 1. The van der Waals surface area contributed by atoms with Gasteiger partial charge in [-0.3, -0.25) is 4.79 Å². The Kier molecular flexibility index (Phi) is 5.46. The van der Waals surface area contributed by atoms with Gasteiger partial charge in [0.15, 0.2) is 0 Å². The molecule has 0 aromatic heterocycles. The first-order valence-corrected chi connectivity index (χ1v) is 8.93. The van der Waals surface area contributed by atoms with Gasteiger partial charge < -0.3 is 19.2 Å². The van der Waals surface area contributed by atoms with E-state index in [0.717, 1.165) is 42.8 Å². The largest absolute Gasteiger partial charge is 0.497 e. The van der Waals surface area contributed by atoms with E-state index < -0.39 is 6.10 Å². The molecule has 0 saturated carbocycles. The quantitative estimate of drug-likeness (QED) is 0.822. The van der Waals surface area contributed by atoms with Crippen LogP contribution in [0.5, 0.6) is 11.5 Å². The molecule has 1 aromatic carbocycles. The molecule has 0 N–H and O–H groups in total. The molecule has 6 nitrogen and oxygen atoms in total. The van der Waals surface area contributed by atoms with Gasteiger partial charge in [0.05, 0.1) is 19.9 Å². The summed E-state index contributed by atoms with van der Waals surface area (Å²) in [6, 6.07) is 5.86. The van der Waals surface area contributed by atoms with Crippen molar-refractivity contribution in [3.8, 4) is 11.5 Å². The van der Waals surface area contributed by atoms with Gasteiger partial charge in [0.1, 0.15) is 11.5 Å². The van der Waals surface area contributed by atoms with E-state index in [1.54, 1.807) is 14.2 Å². The zero-order valence-electron chi connectivity index (χ0n) is 15.2. The highest BCUT2D eigenvalue weighted by molar-refractivity contribution is 6.06. The second kappa shape index (κ2) is 7.76. The van der Waals surface area contributed by atoms with Crippen molar-refractivity contribution in [1.82, 2.24) is 4.90 Å². The first kappa shape index (κ1) is 17.6. The Morgan fingerprint density at radius 3 is 2.88 bits per heavy atom. The molecular formula is C19H26N2O4. The lowest BCUT2D eigenvalue weighted by Crippen LogP contribution is -2.48. The van der Waals surface area contributed by atoms with Crippen molar-refractivity contribution in [2.45, 2.75) is 51.2 Å². The lowest BCUT2D eigenvalue weighted by Gasteiger charge is -2.36. The van der Waals surface area contributed by atoms with Crippen LogP contribution in [0.2, 0.25) is 0 Å². The minimum absolute atomic E-state index is 0.0483. The number of rotatable bonds is 5.